The molecular weight excluding hydrogens is 446 g/mol. The summed E-state index contributed by atoms with van der Waals surface area (Å²) in [6.45, 7) is 0.605. The first-order valence-electron chi connectivity index (χ1n) is 12.2. The fraction of sp³-hybridized carbons (Fsp3) is 0.345. The van der Waals surface area contributed by atoms with E-state index < -0.39 is 11.6 Å². The Morgan fingerprint density at radius 1 is 1.03 bits per heavy atom. The molecule has 0 aliphatic heterocycles. The van der Waals surface area contributed by atoms with Gasteiger partial charge in [0, 0.05) is 32.8 Å². The second-order valence-corrected chi connectivity index (χ2v) is 9.29. The molecule has 35 heavy (non-hydrogen) atoms. The zero-order valence-electron chi connectivity index (χ0n) is 20.3. The van der Waals surface area contributed by atoms with E-state index in [1.807, 2.05) is 49.3 Å². The van der Waals surface area contributed by atoms with Crippen molar-refractivity contribution in [1.29, 1.82) is 0 Å². The Kier molecular flexibility index (Phi) is 8.01. The summed E-state index contributed by atoms with van der Waals surface area (Å²) in [4.78, 5) is 15.3. The van der Waals surface area contributed by atoms with Gasteiger partial charge in [-0.25, -0.2) is 8.78 Å². The molecule has 4 nitrogen and oxygen atoms in total. The van der Waals surface area contributed by atoms with Crippen LogP contribution in [0.5, 0.6) is 0 Å². The van der Waals surface area contributed by atoms with Gasteiger partial charge < -0.3 is 14.2 Å². The van der Waals surface area contributed by atoms with E-state index in [0.29, 0.717) is 24.1 Å². The fourth-order valence-electron chi connectivity index (χ4n) is 4.65. The first-order valence-corrected chi connectivity index (χ1v) is 12.2. The highest BCUT2D eigenvalue weighted by Gasteiger charge is 2.22. The van der Waals surface area contributed by atoms with Crippen LogP contribution in [0.3, 0.4) is 0 Å². The molecule has 0 radical (unpaired) electrons. The fourth-order valence-corrected chi connectivity index (χ4v) is 4.65. The molecule has 6 heteroatoms. The molecule has 1 aliphatic carbocycles. The summed E-state index contributed by atoms with van der Waals surface area (Å²) >= 11 is 0. The van der Waals surface area contributed by atoms with Crippen molar-refractivity contribution in [3.05, 3.63) is 94.9 Å². The standard InChI is InChI=1S/C29H32F2N2O2/c1-32(2)29-25(28(34)15-13-21-12-14-26(30)27(31)18-21)19-23(16-17-35-24-10-6-7-11-24)33(29)20-22-8-4-3-5-9-22/h3-5,8-9,12,14,16-19,24H,6-7,10-11,13,15,20H2,1-2H3/b17-16+. The van der Waals surface area contributed by atoms with Crippen LogP contribution in [0.1, 0.15) is 59.3 Å². The smallest absolute Gasteiger partial charge is 0.166 e. The molecule has 4 rings (SSSR count). The predicted molar refractivity (Wildman–Crippen MR) is 136 cm³/mol. The third-order valence-corrected chi connectivity index (χ3v) is 6.44. The van der Waals surface area contributed by atoms with E-state index in [1.54, 1.807) is 6.26 Å². The number of benzene rings is 2. The van der Waals surface area contributed by atoms with Crippen LogP contribution in [0.15, 0.2) is 60.9 Å². The number of hydrogen-bond donors (Lipinski definition) is 0. The van der Waals surface area contributed by atoms with Crippen LogP contribution in [0, 0.1) is 11.6 Å². The van der Waals surface area contributed by atoms with Crippen LogP contribution in [0.4, 0.5) is 14.6 Å². The average molecular weight is 479 g/mol. The quantitative estimate of drug-likeness (QED) is 0.242. The summed E-state index contributed by atoms with van der Waals surface area (Å²) in [5, 5.41) is 0. The lowest BCUT2D eigenvalue weighted by molar-refractivity contribution is 0.0983. The number of anilines is 1. The number of hydrogen-bond acceptors (Lipinski definition) is 3. The Balaban J connectivity index is 1.62. The molecule has 1 aliphatic rings. The number of ether oxygens (including phenoxy) is 1. The molecule has 184 valence electrons. The van der Waals surface area contributed by atoms with E-state index >= 15 is 0 Å². The summed E-state index contributed by atoms with van der Waals surface area (Å²) in [6.07, 6.45) is 9.02. The molecular formula is C29H32F2N2O2. The number of carbonyl (C=O) groups excluding carboxylic acids is 1. The largest absolute Gasteiger partial charge is 0.498 e. The van der Waals surface area contributed by atoms with Gasteiger partial charge in [-0.05, 0) is 67.5 Å². The molecule has 0 N–H and O–H groups in total. The van der Waals surface area contributed by atoms with Crippen molar-refractivity contribution < 1.29 is 18.3 Å². The molecule has 0 bridgehead atoms. The number of aromatic nitrogens is 1. The Labute approximate surface area is 205 Å². The van der Waals surface area contributed by atoms with Gasteiger partial charge in [0.15, 0.2) is 17.4 Å². The molecule has 0 unspecified atom stereocenters. The van der Waals surface area contributed by atoms with E-state index in [4.69, 9.17) is 4.74 Å². The average Bonchev–Trinajstić information content (AvgIpc) is 3.49. The van der Waals surface area contributed by atoms with E-state index in [2.05, 4.69) is 16.7 Å². The van der Waals surface area contributed by atoms with Gasteiger partial charge in [0.1, 0.15) is 5.82 Å². The SMILES string of the molecule is CN(C)c1c(C(=O)CCc2ccc(F)c(F)c2)cc(/C=C/OC2CCCC2)n1Cc1ccccc1. The third kappa shape index (κ3) is 6.18. The lowest BCUT2D eigenvalue weighted by Gasteiger charge is -2.20. The molecule has 1 fully saturated rings. The molecule has 3 aromatic rings. The minimum atomic E-state index is -0.896. The summed E-state index contributed by atoms with van der Waals surface area (Å²) in [7, 11) is 3.84. The molecule has 1 saturated carbocycles. The highest BCUT2D eigenvalue weighted by atomic mass is 19.2. The van der Waals surface area contributed by atoms with Crippen molar-refractivity contribution in [2.24, 2.45) is 0 Å². The molecule has 0 atom stereocenters. The monoisotopic (exact) mass is 478 g/mol. The highest BCUT2D eigenvalue weighted by Crippen LogP contribution is 2.29. The number of Topliss-reactive ketones (excluding diaryl/α,β-unsaturated/α-hetero) is 1. The Morgan fingerprint density at radius 2 is 1.77 bits per heavy atom. The van der Waals surface area contributed by atoms with Crippen molar-refractivity contribution in [2.45, 2.75) is 51.2 Å². The molecule has 2 aromatic carbocycles. The minimum Gasteiger partial charge on any atom is -0.498 e. The second kappa shape index (κ2) is 11.3. The number of ketones is 1. The zero-order valence-corrected chi connectivity index (χ0v) is 20.3. The Morgan fingerprint density at radius 3 is 2.46 bits per heavy atom. The van der Waals surface area contributed by atoms with Crippen LogP contribution < -0.4 is 4.90 Å². The van der Waals surface area contributed by atoms with Crippen molar-refractivity contribution >= 4 is 17.7 Å². The number of rotatable bonds is 10. The number of nitrogens with zero attached hydrogens (tertiary/aromatic N) is 2. The molecule has 0 spiro atoms. The summed E-state index contributed by atoms with van der Waals surface area (Å²) in [5.74, 6) is -1.02. The Bertz CT molecular complexity index is 1180. The summed E-state index contributed by atoms with van der Waals surface area (Å²) < 4.78 is 34.9. The van der Waals surface area contributed by atoms with Crippen LogP contribution in [-0.2, 0) is 17.7 Å². The topological polar surface area (TPSA) is 34.5 Å². The minimum absolute atomic E-state index is 0.0448. The normalized spacial score (nSPS) is 14.1. The third-order valence-electron chi connectivity index (χ3n) is 6.44. The van der Waals surface area contributed by atoms with E-state index in [1.165, 1.54) is 18.9 Å². The maximum atomic E-state index is 13.6. The highest BCUT2D eigenvalue weighted by molar-refractivity contribution is 6.01. The van der Waals surface area contributed by atoms with Gasteiger partial charge in [0.25, 0.3) is 0 Å². The van der Waals surface area contributed by atoms with Crippen LogP contribution >= 0.6 is 0 Å². The van der Waals surface area contributed by atoms with E-state index in [0.717, 1.165) is 42.0 Å². The second-order valence-electron chi connectivity index (χ2n) is 9.29. The first kappa shape index (κ1) is 24.7. The lowest BCUT2D eigenvalue weighted by Crippen LogP contribution is -2.18. The van der Waals surface area contributed by atoms with Gasteiger partial charge in [-0.3, -0.25) is 4.79 Å². The van der Waals surface area contributed by atoms with Gasteiger partial charge in [-0.2, -0.15) is 0 Å². The molecule has 1 aromatic heterocycles. The van der Waals surface area contributed by atoms with Crippen molar-refractivity contribution in [3.63, 3.8) is 0 Å². The number of carbonyl (C=O) groups is 1. The maximum Gasteiger partial charge on any atom is 0.166 e. The molecule has 0 amide bonds. The van der Waals surface area contributed by atoms with Gasteiger partial charge in [0.05, 0.1) is 17.9 Å². The zero-order chi connectivity index (χ0) is 24.8. The van der Waals surface area contributed by atoms with Crippen LogP contribution in [-0.4, -0.2) is 30.5 Å². The van der Waals surface area contributed by atoms with Crippen molar-refractivity contribution in [2.75, 3.05) is 19.0 Å². The van der Waals surface area contributed by atoms with Gasteiger partial charge in [-0.15, -0.1) is 0 Å². The summed E-state index contributed by atoms with van der Waals surface area (Å²) in [5.41, 5.74) is 3.21. The molecule has 1 heterocycles. The van der Waals surface area contributed by atoms with E-state index in [9.17, 15) is 13.6 Å². The van der Waals surface area contributed by atoms with Crippen LogP contribution in [0.2, 0.25) is 0 Å². The van der Waals surface area contributed by atoms with Crippen molar-refractivity contribution in [1.82, 2.24) is 4.57 Å². The maximum absolute atomic E-state index is 13.6. The Hall–Kier alpha value is -3.41. The van der Waals surface area contributed by atoms with Crippen molar-refractivity contribution in [3.8, 4) is 0 Å². The summed E-state index contributed by atoms with van der Waals surface area (Å²) in [6, 6.07) is 15.8. The van der Waals surface area contributed by atoms with Crippen LogP contribution in [0.25, 0.3) is 6.08 Å². The number of aryl methyl sites for hydroxylation is 1. The predicted octanol–water partition coefficient (Wildman–Crippen LogP) is 6.63. The number of halogens is 2. The molecule has 0 saturated heterocycles. The first-order chi connectivity index (χ1) is 16.9. The van der Waals surface area contributed by atoms with Gasteiger partial charge >= 0.3 is 0 Å². The van der Waals surface area contributed by atoms with Gasteiger partial charge in [-0.1, -0.05) is 36.4 Å². The van der Waals surface area contributed by atoms with Gasteiger partial charge in [0.2, 0.25) is 0 Å². The lowest BCUT2D eigenvalue weighted by atomic mass is 10.0. The van der Waals surface area contributed by atoms with E-state index in [-0.39, 0.29) is 18.3 Å².